The summed E-state index contributed by atoms with van der Waals surface area (Å²) < 4.78 is 19.8. The number of halogens is 2. The van der Waals surface area contributed by atoms with Gasteiger partial charge in [0.25, 0.3) is 5.89 Å². The number of hydrogen-bond acceptors (Lipinski definition) is 4. The van der Waals surface area contributed by atoms with Gasteiger partial charge in [0.2, 0.25) is 11.4 Å². The molecule has 0 atom stereocenters. The third-order valence-corrected chi connectivity index (χ3v) is 3.26. The standard InChI is InChI=1S/C14H9ClFN3O2/c1-19-7-8(2-5-12(19)20)13-17-14(21-18-13)10-6-9(16)3-4-11(10)15/h2-7H,1H3. The zero-order chi connectivity index (χ0) is 15.0. The molecule has 0 saturated carbocycles. The normalized spacial score (nSPS) is 10.8. The SMILES string of the molecule is Cn1cc(-c2noc(-c3cc(F)ccc3Cl)n2)ccc1=O. The predicted octanol–water partition coefficient (Wildman–Crippen LogP) is 2.89. The summed E-state index contributed by atoms with van der Waals surface area (Å²) in [6.45, 7) is 0. The lowest BCUT2D eigenvalue weighted by atomic mass is 10.2. The van der Waals surface area contributed by atoms with E-state index in [0.717, 1.165) is 0 Å². The van der Waals surface area contributed by atoms with Gasteiger partial charge in [0, 0.05) is 24.9 Å². The lowest BCUT2D eigenvalue weighted by molar-refractivity contribution is 0.432. The number of aryl methyl sites for hydroxylation is 1. The summed E-state index contributed by atoms with van der Waals surface area (Å²) in [6, 6.07) is 6.88. The van der Waals surface area contributed by atoms with Crippen LogP contribution in [0.25, 0.3) is 22.8 Å². The predicted molar refractivity (Wildman–Crippen MR) is 75.4 cm³/mol. The first-order chi connectivity index (χ1) is 10.0. The molecule has 0 amide bonds. The largest absolute Gasteiger partial charge is 0.334 e. The van der Waals surface area contributed by atoms with E-state index in [2.05, 4.69) is 10.1 Å². The Labute approximate surface area is 123 Å². The van der Waals surface area contributed by atoms with Crippen molar-refractivity contribution in [2.24, 2.45) is 7.05 Å². The molecule has 0 aliphatic carbocycles. The van der Waals surface area contributed by atoms with E-state index in [-0.39, 0.29) is 11.4 Å². The van der Waals surface area contributed by atoms with Crippen LogP contribution >= 0.6 is 11.6 Å². The molecule has 0 fully saturated rings. The van der Waals surface area contributed by atoms with E-state index >= 15 is 0 Å². The van der Waals surface area contributed by atoms with E-state index in [1.54, 1.807) is 19.3 Å². The summed E-state index contributed by atoms with van der Waals surface area (Å²) in [7, 11) is 1.62. The summed E-state index contributed by atoms with van der Waals surface area (Å²) in [6.07, 6.45) is 1.59. The first-order valence-corrected chi connectivity index (χ1v) is 6.38. The van der Waals surface area contributed by atoms with Gasteiger partial charge in [-0.05, 0) is 24.3 Å². The first kappa shape index (κ1) is 13.5. The number of benzene rings is 1. The molecule has 0 bridgehead atoms. The highest BCUT2D eigenvalue weighted by atomic mass is 35.5. The molecule has 7 heteroatoms. The summed E-state index contributed by atoms with van der Waals surface area (Å²) in [5, 5.41) is 4.13. The topological polar surface area (TPSA) is 60.9 Å². The minimum atomic E-state index is -0.448. The van der Waals surface area contributed by atoms with Gasteiger partial charge in [-0.15, -0.1) is 0 Å². The van der Waals surface area contributed by atoms with Crippen LogP contribution < -0.4 is 5.56 Å². The lowest BCUT2D eigenvalue weighted by Crippen LogP contribution is -2.14. The molecule has 2 aromatic heterocycles. The molecule has 5 nitrogen and oxygen atoms in total. The highest BCUT2D eigenvalue weighted by Gasteiger charge is 2.14. The Bertz CT molecular complexity index is 873. The van der Waals surface area contributed by atoms with Crippen molar-refractivity contribution in [2.75, 3.05) is 0 Å². The molecular formula is C14H9ClFN3O2. The Morgan fingerprint density at radius 3 is 2.86 bits per heavy atom. The summed E-state index contributed by atoms with van der Waals surface area (Å²) >= 11 is 5.99. The van der Waals surface area contributed by atoms with Crippen molar-refractivity contribution in [1.29, 1.82) is 0 Å². The third kappa shape index (κ3) is 2.57. The van der Waals surface area contributed by atoms with Gasteiger partial charge < -0.3 is 9.09 Å². The molecule has 0 aliphatic heterocycles. The Morgan fingerprint density at radius 2 is 2.10 bits per heavy atom. The third-order valence-electron chi connectivity index (χ3n) is 2.93. The minimum absolute atomic E-state index is 0.114. The van der Waals surface area contributed by atoms with Crippen LogP contribution in [-0.2, 0) is 7.05 Å². The maximum Gasteiger partial charge on any atom is 0.259 e. The fourth-order valence-corrected chi connectivity index (χ4v) is 2.04. The number of hydrogen-bond donors (Lipinski definition) is 0. The zero-order valence-electron chi connectivity index (χ0n) is 10.9. The van der Waals surface area contributed by atoms with Gasteiger partial charge in [-0.25, -0.2) is 4.39 Å². The fourth-order valence-electron chi connectivity index (χ4n) is 1.84. The Hall–Kier alpha value is -2.47. The van der Waals surface area contributed by atoms with Crippen molar-refractivity contribution < 1.29 is 8.91 Å². The van der Waals surface area contributed by atoms with Crippen molar-refractivity contribution in [3.63, 3.8) is 0 Å². The maximum absolute atomic E-state index is 13.3. The zero-order valence-corrected chi connectivity index (χ0v) is 11.6. The molecule has 21 heavy (non-hydrogen) atoms. The summed E-state index contributed by atoms with van der Waals surface area (Å²) in [4.78, 5) is 15.5. The van der Waals surface area contributed by atoms with Crippen LogP contribution in [0.3, 0.4) is 0 Å². The Morgan fingerprint density at radius 1 is 1.29 bits per heavy atom. The van der Waals surface area contributed by atoms with Gasteiger partial charge in [0.15, 0.2) is 0 Å². The van der Waals surface area contributed by atoms with Gasteiger partial charge in [-0.2, -0.15) is 4.98 Å². The van der Waals surface area contributed by atoms with Crippen LogP contribution in [0.4, 0.5) is 4.39 Å². The van der Waals surface area contributed by atoms with Gasteiger partial charge in [0.05, 0.1) is 10.6 Å². The molecule has 106 valence electrons. The van der Waals surface area contributed by atoms with E-state index in [4.69, 9.17) is 16.1 Å². The van der Waals surface area contributed by atoms with Crippen LogP contribution in [0.15, 0.2) is 45.8 Å². The minimum Gasteiger partial charge on any atom is -0.334 e. The molecular weight excluding hydrogens is 297 g/mol. The lowest BCUT2D eigenvalue weighted by Gasteiger charge is -1.99. The second kappa shape index (κ2) is 5.14. The van der Waals surface area contributed by atoms with E-state index < -0.39 is 5.82 Å². The van der Waals surface area contributed by atoms with Gasteiger partial charge >= 0.3 is 0 Å². The second-order valence-electron chi connectivity index (χ2n) is 4.41. The van der Waals surface area contributed by atoms with Gasteiger partial charge in [-0.3, -0.25) is 4.79 Å². The summed E-state index contributed by atoms with van der Waals surface area (Å²) in [5.41, 5.74) is 0.788. The van der Waals surface area contributed by atoms with E-state index in [0.29, 0.717) is 22.0 Å². The van der Waals surface area contributed by atoms with Crippen LogP contribution in [0.2, 0.25) is 5.02 Å². The van der Waals surface area contributed by atoms with Crippen molar-refractivity contribution in [3.8, 4) is 22.8 Å². The van der Waals surface area contributed by atoms with E-state index in [1.807, 2.05) is 0 Å². The van der Waals surface area contributed by atoms with Crippen molar-refractivity contribution in [1.82, 2.24) is 14.7 Å². The molecule has 0 unspecified atom stereocenters. The van der Waals surface area contributed by atoms with Crippen molar-refractivity contribution >= 4 is 11.6 Å². The molecule has 0 saturated heterocycles. The van der Waals surface area contributed by atoms with Crippen LogP contribution in [0.1, 0.15) is 0 Å². The van der Waals surface area contributed by atoms with Gasteiger partial charge in [-0.1, -0.05) is 16.8 Å². The van der Waals surface area contributed by atoms with Gasteiger partial charge in [0.1, 0.15) is 5.82 Å². The van der Waals surface area contributed by atoms with Crippen LogP contribution in [-0.4, -0.2) is 14.7 Å². The molecule has 3 aromatic rings. The Kier molecular flexibility index (Phi) is 3.31. The number of aromatic nitrogens is 3. The second-order valence-corrected chi connectivity index (χ2v) is 4.82. The average molecular weight is 306 g/mol. The molecule has 0 radical (unpaired) electrons. The molecule has 3 rings (SSSR count). The summed E-state index contributed by atoms with van der Waals surface area (Å²) in [5.74, 6) is -0.0412. The first-order valence-electron chi connectivity index (χ1n) is 6.01. The quantitative estimate of drug-likeness (QED) is 0.730. The number of nitrogens with zero attached hydrogens (tertiary/aromatic N) is 3. The molecule has 0 aliphatic rings. The molecule has 1 aromatic carbocycles. The molecule has 0 N–H and O–H groups in total. The fraction of sp³-hybridized carbons (Fsp3) is 0.0714. The van der Waals surface area contributed by atoms with Crippen LogP contribution in [0.5, 0.6) is 0 Å². The highest BCUT2D eigenvalue weighted by molar-refractivity contribution is 6.33. The highest BCUT2D eigenvalue weighted by Crippen LogP contribution is 2.28. The number of pyridine rings is 1. The van der Waals surface area contributed by atoms with E-state index in [9.17, 15) is 9.18 Å². The number of rotatable bonds is 2. The molecule has 2 heterocycles. The van der Waals surface area contributed by atoms with Crippen LogP contribution in [0, 0.1) is 5.82 Å². The van der Waals surface area contributed by atoms with E-state index in [1.165, 1.54) is 28.8 Å². The van der Waals surface area contributed by atoms with Crippen molar-refractivity contribution in [3.05, 3.63) is 57.7 Å². The smallest absolute Gasteiger partial charge is 0.259 e. The maximum atomic E-state index is 13.3. The Balaban J connectivity index is 2.05. The molecule has 0 spiro atoms. The average Bonchev–Trinajstić information content (AvgIpc) is 2.94. The van der Waals surface area contributed by atoms with Crippen molar-refractivity contribution in [2.45, 2.75) is 0 Å². The monoisotopic (exact) mass is 305 g/mol.